The van der Waals surface area contributed by atoms with E-state index in [1.54, 1.807) is 0 Å². The average molecular weight is 298 g/mol. The van der Waals surface area contributed by atoms with Gasteiger partial charge in [0.15, 0.2) is 11.4 Å². The van der Waals surface area contributed by atoms with Crippen LogP contribution in [0.3, 0.4) is 0 Å². The van der Waals surface area contributed by atoms with Crippen molar-refractivity contribution >= 4 is 17.1 Å². The number of nitrogens with zero attached hydrogens (tertiary/aromatic N) is 2. The van der Waals surface area contributed by atoms with Crippen molar-refractivity contribution in [2.75, 3.05) is 7.11 Å². The molecule has 0 spiro atoms. The van der Waals surface area contributed by atoms with Gasteiger partial charge in [-0.15, -0.1) is 0 Å². The zero-order valence-corrected chi connectivity index (χ0v) is 12.2. The van der Waals surface area contributed by atoms with Crippen molar-refractivity contribution < 1.29 is 19.1 Å². The number of carbonyl (C=O) groups is 1. The van der Waals surface area contributed by atoms with Crippen molar-refractivity contribution in [2.24, 2.45) is 0 Å². The standard InChI is InChI=1S/C16H14N2O4/c1-3-10-11-14(13(19)12(17-10)16(20)21-2)22-15(18-11)9-7-5-4-6-8-9/h4-8,19H,3H2,1-2H3. The lowest BCUT2D eigenvalue weighted by molar-refractivity contribution is 0.0590. The van der Waals surface area contributed by atoms with Gasteiger partial charge < -0.3 is 14.3 Å². The van der Waals surface area contributed by atoms with Crippen LogP contribution in [0.15, 0.2) is 34.7 Å². The fraction of sp³-hybridized carbons (Fsp3) is 0.188. The summed E-state index contributed by atoms with van der Waals surface area (Å²) >= 11 is 0. The number of aryl methyl sites for hydroxylation is 1. The molecule has 0 saturated heterocycles. The number of fused-ring (bicyclic) bond motifs is 1. The lowest BCUT2D eigenvalue weighted by Crippen LogP contribution is -2.07. The Balaban J connectivity index is 2.27. The second-order valence-corrected chi connectivity index (χ2v) is 4.66. The van der Waals surface area contributed by atoms with E-state index in [1.165, 1.54) is 7.11 Å². The molecule has 0 aliphatic heterocycles. The molecule has 0 fully saturated rings. The van der Waals surface area contributed by atoms with E-state index in [4.69, 9.17) is 4.42 Å². The second-order valence-electron chi connectivity index (χ2n) is 4.66. The number of benzene rings is 1. The molecule has 1 N–H and O–H groups in total. The monoisotopic (exact) mass is 298 g/mol. The van der Waals surface area contributed by atoms with Crippen molar-refractivity contribution in [1.82, 2.24) is 9.97 Å². The van der Waals surface area contributed by atoms with E-state index in [-0.39, 0.29) is 17.0 Å². The van der Waals surface area contributed by atoms with Gasteiger partial charge in [0.2, 0.25) is 11.5 Å². The first kappa shape index (κ1) is 14.1. The average Bonchev–Trinajstić information content (AvgIpc) is 3.01. The van der Waals surface area contributed by atoms with Gasteiger partial charge in [-0.1, -0.05) is 25.1 Å². The van der Waals surface area contributed by atoms with Gasteiger partial charge >= 0.3 is 5.97 Å². The van der Waals surface area contributed by atoms with Crippen molar-refractivity contribution in [2.45, 2.75) is 13.3 Å². The van der Waals surface area contributed by atoms with E-state index in [9.17, 15) is 9.90 Å². The summed E-state index contributed by atoms with van der Waals surface area (Å²) < 4.78 is 10.3. The molecule has 0 atom stereocenters. The Morgan fingerprint density at radius 3 is 2.64 bits per heavy atom. The SMILES string of the molecule is CCc1nc(C(=O)OC)c(O)c2oc(-c3ccccc3)nc12. The summed E-state index contributed by atoms with van der Waals surface area (Å²) in [5, 5.41) is 10.2. The molecular formula is C16H14N2O4. The molecule has 112 valence electrons. The van der Waals surface area contributed by atoms with Crippen LogP contribution >= 0.6 is 0 Å². The molecule has 0 unspecified atom stereocenters. The maximum Gasteiger partial charge on any atom is 0.360 e. The van der Waals surface area contributed by atoms with Gasteiger partial charge in [0.05, 0.1) is 12.8 Å². The minimum Gasteiger partial charge on any atom is -0.503 e. The largest absolute Gasteiger partial charge is 0.503 e. The highest BCUT2D eigenvalue weighted by Crippen LogP contribution is 2.33. The number of oxazole rings is 1. The summed E-state index contributed by atoms with van der Waals surface area (Å²) in [6, 6.07) is 9.31. The number of ether oxygens (including phenoxy) is 1. The molecule has 0 saturated carbocycles. The summed E-state index contributed by atoms with van der Waals surface area (Å²) in [4.78, 5) is 20.3. The molecule has 0 bridgehead atoms. The summed E-state index contributed by atoms with van der Waals surface area (Å²) in [7, 11) is 1.23. The second kappa shape index (κ2) is 5.48. The first-order chi connectivity index (χ1) is 10.7. The zero-order chi connectivity index (χ0) is 15.7. The molecule has 2 aromatic heterocycles. The molecule has 3 rings (SSSR count). The maximum absolute atomic E-state index is 11.7. The summed E-state index contributed by atoms with van der Waals surface area (Å²) in [6.45, 7) is 1.89. The van der Waals surface area contributed by atoms with Crippen LogP contribution in [0.25, 0.3) is 22.6 Å². The van der Waals surface area contributed by atoms with Crippen LogP contribution in [-0.2, 0) is 11.2 Å². The highest BCUT2D eigenvalue weighted by Gasteiger charge is 2.23. The van der Waals surface area contributed by atoms with Crippen LogP contribution in [0.1, 0.15) is 23.1 Å². The number of carbonyl (C=O) groups excluding carboxylic acids is 1. The number of esters is 1. The fourth-order valence-electron chi connectivity index (χ4n) is 2.21. The summed E-state index contributed by atoms with van der Waals surface area (Å²) in [5.74, 6) is -0.704. The fourth-order valence-corrected chi connectivity index (χ4v) is 2.21. The highest BCUT2D eigenvalue weighted by atomic mass is 16.5. The molecule has 3 aromatic rings. The van der Waals surface area contributed by atoms with Crippen LogP contribution in [0.4, 0.5) is 0 Å². The van der Waals surface area contributed by atoms with E-state index < -0.39 is 5.97 Å². The van der Waals surface area contributed by atoms with Gasteiger partial charge in [0.25, 0.3) is 0 Å². The number of aromatic nitrogens is 2. The maximum atomic E-state index is 11.7. The Hall–Kier alpha value is -2.89. The first-order valence-corrected chi connectivity index (χ1v) is 6.81. The van der Waals surface area contributed by atoms with Crippen molar-refractivity contribution in [3.63, 3.8) is 0 Å². The Kier molecular flexibility index (Phi) is 3.50. The van der Waals surface area contributed by atoms with Crippen LogP contribution in [-0.4, -0.2) is 28.2 Å². The molecule has 0 aliphatic rings. The number of aromatic hydroxyl groups is 1. The molecule has 6 heteroatoms. The number of methoxy groups -OCH3 is 1. The Labute approximate surface area is 126 Å². The molecule has 1 aromatic carbocycles. The van der Waals surface area contributed by atoms with E-state index in [0.717, 1.165) is 5.56 Å². The molecular weight excluding hydrogens is 284 g/mol. The highest BCUT2D eigenvalue weighted by molar-refractivity contribution is 5.97. The van der Waals surface area contributed by atoms with Crippen LogP contribution < -0.4 is 0 Å². The number of rotatable bonds is 3. The van der Waals surface area contributed by atoms with Gasteiger partial charge in [0.1, 0.15) is 5.52 Å². The first-order valence-electron chi connectivity index (χ1n) is 6.81. The van der Waals surface area contributed by atoms with Crippen molar-refractivity contribution in [3.8, 4) is 17.2 Å². The quantitative estimate of drug-likeness (QED) is 0.748. The summed E-state index contributed by atoms with van der Waals surface area (Å²) in [5.41, 5.74) is 1.78. The van der Waals surface area contributed by atoms with Gasteiger partial charge in [0, 0.05) is 5.56 Å². The third-order valence-corrected chi connectivity index (χ3v) is 3.32. The minimum atomic E-state index is -0.716. The number of hydrogen-bond donors (Lipinski definition) is 1. The zero-order valence-electron chi connectivity index (χ0n) is 12.2. The van der Waals surface area contributed by atoms with E-state index in [1.807, 2.05) is 37.3 Å². The van der Waals surface area contributed by atoms with Crippen LogP contribution in [0.2, 0.25) is 0 Å². The van der Waals surface area contributed by atoms with Crippen molar-refractivity contribution in [3.05, 3.63) is 41.7 Å². The lowest BCUT2D eigenvalue weighted by atomic mass is 10.2. The van der Waals surface area contributed by atoms with Crippen LogP contribution in [0.5, 0.6) is 5.75 Å². The van der Waals surface area contributed by atoms with Gasteiger partial charge in [-0.05, 0) is 18.6 Å². The van der Waals surface area contributed by atoms with Gasteiger partial charge in [-0.25, -0.2) is 14.8 Å². The van der Waals surface area contributed by atoms with Gasteiger partial charge in [-0.3, -0.25) is 0 Å². The predicted octanol–water partition coefficient (Wildman–Crippen LogP) is 2.94. The normalized spacial score (nSPS) is 10.8. The predicted molar refractivity (Wildman–Crippen MR) is 79.6 cm³/mol. The van der Waals surface area contributed by atoms with E-state index in [0.29, 0.717) is 23.5 Å². The van der Waals surface area contributed by atoms with E-state index >= 15 is 0 Å². The van der Waals surface area contributed by atoms with Crippen LogP contribution in [0, 0.1) is 0 Å². The topological polar surface area (TPSA) is 85.5 Å². The lowest BCUT2D eigenvalue weighted by Gasteiger charge is -2.04. The Bertz CT molecular complexity index is 840. The molecule has 6 nitrogen and oxygen atoms in total. The molecule has 0 aliphatic carbocycles. The molecule has 2 heterocycles. The molecule has 0 radical (unpaired) electrons. The third kappa shape index (κ3) is 2.18. The van der Waals surface area contributed by atoms with E-state index in [2.05, 4.69) is 14.7 Å². The molecule has 0 amide bonds. The van der Waals surface area contributed by atoms with Crippen molar-refractivity contribution in [1.29, 1.82) is 0 Å². The Morgan fingerprint density at radius 1 is 1.27 bits per heavy atom. The third-order valence-electron chi connectivity index (χ3n) is 3.32. The molecule has 22 heavy (non-hydrogen) atoms. The summed E-state index contributed by atoms with van der Waals surface area (Å²) in [6.07, 6.45) is 0.543. The van der Waals surface area contributed by atoms with Gasteiger partial charge in [-0.2, -0.15) is 0 Å². The number of hydrogen-bond acceptors (Lipinski definition) is 6. The Morgan fingerprint density at radius 2 is 2.00 bits per heavy atom. The smallest absolute Gasteiger partial charge is 0.360 e. The minimum absolute atomic E-state index is 0.145. The number of pyridine rings is 1.